The minimum absolute atomic E-state index is 0.0421. The molecule has 0 spiro atoms. The number of nitriles is 1. The van der Waals surface area contributed by atoms with Crippen LogP contribution in [0.25, 0.3) is 22.3 Å². The van der Waals surface area contributed by atoms with E-state index in [1.54, 1.807) is 0 Å². The molecule has 0 saturated carbocycles. The van der Waals surface area contributed by atoms with Gasteiger partial charge in [-0.15, -0.1) is 0 Å². The molecule has 1 heterocycles. The Bertz CT molecular complexity index is 941. The van der Waals surface area contributed by atoms with Crippen molar-refractivity contribution >= 4 is 11.8 Å². The maximum Gasteiger partial charge on any atom is 0.355 e. The van der Waals surface area contributed by atoms with Crippen LogP contribution in [-0.4, -0.2) is 5.75 Å². The van der Waals surface area contributed by atoms with E-state index in [2.05, 4.69) is 0 Å². The normalized spacial score (nSPS) is 10.3. The highest BCUT2D eigenvalue weighted by Gasteiger charge is 2.22. The predicted molar refractivity (Wildman–Crippen MR) is 97.0 cm³/mol. The standard InChI is InChI=1S/C20H15NO2S/c1-2-24-20-18(15-11-7-4-8-12-15)17(14-9-5-3-6-10-14)16(13-21)19(22)23-20/h3-12H,2H2,1H3. The van der Waals surface area contributed by atoms with Crippen molar-refractivity contribution in [1.82, 2.24) is 0 Å². The summed E-state index contributed by atoms with van der Waals surface area (Å²) in [5.74, 6) is 0.767. The lowest BCUT2D eigenvalue weighted by molar-refractivity contribution is 0.424. The molecule has 118 valence electrons. The van der Waals surface area contributed by atoms with Crippen LogP contribution in [-0.2, 0) is 0 Å². The van der Waals surface area contributed by atoms with Crippen molar-refractivity contribution in [1.29, 1.82) is 5.26 Å². The van der Waals surface area contributed by atoms with Crippen molar-refractivity contribution < 1.29 is 4.42 Å². The zero-order valence-corrected chi connectivity index (χ0v) is 14.0. The monoisotopic (exact) mass is 333 g/mol. The summed E-state index contributed by atoms with van der Waals surface area (Å²) in [6, 6.07) is 21.3. The molecular weight excluding hydrogens is 318 g/mol. The van der Waals surface area contributed by atoms with Crippen molar-refractivity contribution in [3.05, 3.63) is 76.6 Å². The number of benzene rings is 2. The van der Waals surface area contributed by atoms with Crippen LogP contribution in [0.1, 0.15) is 12.5 Å². The van der Waals surface area contributed by atoms with Gasteiger partial charge < -0.3 is 4.42 Å². The van der Waals surface area contributed by atoms with Gasteiger partial charge in [0.05, 0.1) is 0 Å². The molecule has 0 radical (unpaired) electrons. The third-order valence-electron chi connectivity index (χ3n) is 3.61. The van der Waals surface area contributed by atoms with E-state index in [-0.39, 0.29) is 5.56 Å². The van der Waals surface area contributed by atoms with Gasteiger partial charge in [-0.25, -0.2) is 4.79 Å². The number of thioether (sulfide) groups is 1. The van der Waals surface area contributed by atoms with Crippen molar-refractivity contribution in [2.45, 2.75) is 12.0 Å². The summed E-state index contributed by atoms with van der Waals surface area (Å²) in [7, 11) is 0. The van der Waals surface area contributed by atoms with E-state index in [0.29, 0.717) is 10.7 Å². The first-order chi connectivity index (χ1) is 11.8. The van der Waals surface area contributed by atoms with Gasteiger partial charge >= 0.3 is 5.63 Å². The zero-order valence-electron chi connectivity index (χ0n) is 13.2. The fourth-order valence-corrected chi connectivity index (χ4v) is 3.37. The van der Waals surface area contributed by atoms with Crippen molar-refractivity contribution in [3.8, 4) is 28.3 Å². The van der Waals surface area contributed by atoms with Gasteiger partial charge in [0, 0.05) is 11.1 Å². The Balaban J connectivity index is 2.44. The first-order valence-corrected chi connectivity index (χ1v) is 8.59. The molecule has 0 bridgehead atoms. The van der Waals surface area contributed by atoms with E-state index < -0.39 is 5.63 Å². The Kier molecular flexibility index (Phi) is 4.83. The minimum atomic E-state index is -0.591. The second-order valence-corrected chi connectivity index (χ2v) is 6.32. The number of hydrogen-bond acceptors (Lipinski definition) is 4. The molecule has 0 aliphatic rings. The maximum absolute atomic E-state index is 12.3. The Morgan fingerprint density at radius 3 is 2.00 bits per heavy atom. The van der Waals surface area contributed by atoms with E-state index in [4.69, 9.17) is 4.42 Å². The fourth-order valence-electron chi connectivity index (χ4n) is 2.61. The van der Waals surface area contributed by atoms with Crippen LogP contribution in [0.15, 0.2) is 75.0 Å². The molecule has 0 amide bonds. The van der Waals surface area contributed by atoms with Crippen LogP contribution in [0, 0.1) is 11.3 Å². The molecular formula is C20H15NO2S. The van der Waals surface area contributed by atoms with Crippen molar-refractivity contribution in [2.24, 2.45) is 0 Å². The largest absolute Gasteiger partial charge is 0.415 e. The minimum Gasteiger partial charge on any atom is -0.415 e. The molecule has 0 aliphatic heterocycles. The highest BCUT2D eigenvalue weighted by molar-refractivity contribution is 7.99. The van der Waals surface area contributed by atoms with Gasteiger partial charge in [0.2, 0.25) is 0 Å². The van der Waals surface area contributed by atoms with Crippen LogP contribution < -0.4 is 5.63 Å². The van der Waals surface area contributed by atoms with E-state index >= 15 is 0 Å². The number of rotatable bonds is 4. The van der Waals surface area contributed by atoms with Crippen LogP contribution in [0.2, 0.25) is 0 Å². The molecule has 2 aromatic carbocycles. The molecule has 4 heteroatoms. The topological polar surface area (TPSA) is 54.0 Å². The van der Waals surface area contributed by atoms with Gasteiger partial charge in [0.25, 0.3) is 0 Å². The van der Waals surface area contributed by atoms with Crippen LogP contribution in [0.3, 0.4) is 0 Å². The summed E-state index contributed by atoms with van der Waals surface area (Å²) in [6.07, 6.45) is 0. The van der Waals surface area contributed by atoms with Crippen LogP contribution in [0.5, 0.6) is 0 Å². The Labute approximate surface area is 144 Å². The summed E-state index contributed by atoms with van der Waals surface area (Å²) in [5.41, 5.74) is 2.64. The average molecular weight is 333 g/mol. The summed E-state index contributed by atoms with van der Waals surface area (Å²) < 4.78 is 5.47. The molecule has 3 aromatic rings. The molecule has 0 atom stereocenters. The molecule has 1 aromatic heterocycles. The highest BCUT2D eigenvalue weighted by Crippen LogP contribution is 2.40. The lowest BCUT2D eigenvalue weighted by Crippen LogP contribution is -2.09. The Hall–Kier alpha value is -2.77. The van der Waals surface area contributed by atoms with E-state index in [1.807, 2.05) is 73.7 Å². The fraction of sp³-hybridized carbons (Fsp3) is 0.100. The smallest absolute Gasteiger partial charge is 0.355 e. The zero-order chi connectivity index (χ0) is 16.9. The number of nitrogens with zero attached hydrogens (tertiary/aromatic N) is 1. The highest BCUT2D eigenvalue weighted by atomic mass is 32.2. The first-order valence-electron chi connectivity index (χ1n) is 7.61. The molecule has 0 unspecified atom stereocenters. The molecule has 3 nitrogen and oxygen atoms in total. The summed E-state index contributed by atoms with van der Waals surface area (Å²) >= 11 is 1.46. The second-order valence-electron chi connectivity index (χ2n) is 5.08. The van der Waals surface area contributed by atoms with Gasteiger partial charge in [-0.3, -0.25) is 0 Å². The van der Waals surface area contributed by atoms with Crippen LogP contribution in [0.4, 0.5) is 0 Å². The predicted octanol–water partition coefficient (Wildman–Crippen LogP) is 4.96. The quantitative estimate of drug-likeness (QED) is 0.633. The van der Waals surface area contributed by atoms with Gasteiger partial charge in [-0.2, -0.15) is 5.26 Å². The third-order valence-corrected chi connectivity index (χ3v) is 4.44. The average Bonchev–Trinajstić information content (AvgIpc) is 2.63. The second kappa shape index (κ2) is 7.20. The summed E-state index contributed by atoms with van der Waals surface area (Å²) in [5, 5.41) is 10.1. The molecule has 0 N–H and O–H groups in total. The Morgan fingerprint density at radius 1 is 0.958 bits per heavy atom. The third kappa shape index (κ3) is 2.99. The van der Waals surface area contributed by atoms with Gasteiger partial charge in [-0.1, -0.05) is 79.3 Å². The molecule has 0 aliphatic carbocycles. The SMILES string of the molecule is CCSc1oc(=O)c(C#N)c(-c2ccccc2)c1-c1ccccc1. The van der Waals surface area contributed by atoms with E-state index in [0.717, 1.165) is 22.4 Å². The Morgan fingerprint density at radius 2 is 1.50 bits per heavy atom. The molecule has 3 rings (SSSR count). The molecule has 0 saturated heterocycles. The van der Waals surface area contributed by atoms with Gasteiger partial charge in [-0.05, 0) is 16.9 Å². The summed E-state index contributed by atoms with van der Waals surface area (Å²) in [4.78, 5) is 12.3. The maximum atomic E-state index is 12.3. The van der Waals surface area contributed by atoms with Gasteiger partial charge in [0.15, 0.2) is 5.09 Å². The van der Waals surface area contributed by atoms with E-state index in [9.17, 15) is 10.1 Å². The van der Waals surface area contributed by atoms with Crippen LogP contribution >= 0.6 is 11.8 Å². The van der Waals surface area contributed by atoms with Crippen molar-refractivity contribution in [3.63, 3.8) is 0 Å². The lowest BCUT2D eigenvalue weighted by Gasteiger charge is -2.14. The first kappa shape index (κ1) is 16.1. The van der Waals surface area contributed by atoms with E-state index in [1.165, 1.54) is 11.8 Å². The molecule has 24 heavy (non-hydrogen) atoms. The van der Waals surface area contributed by atoms with Gasteiger partial charge in [0.1, 0.15) is 11.6 Å². The molecule has 0 fully saturated rings. The lowest BCUT2D eigenvalue weighted by atomic mass is 9.93. The number of hydrogen-bond donors (Lipinski definition) is 0. The van der Waals surface area contributed by atoms with Crippen molar-refractivity contribution in [2.75, 3.05) is 5.75 Å². The summed E-state index contributed by atoms with van der Waals surface area (Å²) in [6.45, 7) is 2.00.